The molecule has 0 unspecified atom stereocenters. The molecule has 3 aromatic carbocycles. The number of nitrogens with zero attached hydrogens (tertiary/aromatic N) is 1. The number of para-hydroxylation sites is 1. The molecule has 1 heterocycles. The molecule has 0 aliphatic carbocycles. The molecule has 4 aromatic rings. The SMILES string of the molecule is Cc1ccc(Cn2c3ccccc3c3c(C(N)=O)cccc32)cc1C. The number of carbonyl (C=O) groups is 1. The maximum absolute atomic E-state index is 11.9. The van der Waals surface area contributed by atoms with Gasteiger partial charge in [-0.25, -0.2) is 0 Å². The molecule has 0 bridgehead atoms. The lowest BCUT2D eigenvalue weighted by atomic mass is 10.1. The van der Waals surface area contributed by atoms with Crippen molar-refractivity contribution in [3.05, 3.63) is 82.9 Å². The zero-order valence-electron chi connectivity index (χ0n) is 14.4. The van der Waals surface area contributed by atoms with Crippen LogP contribution in [-0.2, 0) is 6.54 Å². The summed E-state index contributed by atoms with van der Waals surface area (Å²) in [6.45, 7) is 5.02. The van der Waals surface area contributed by atoms with Gasteiger partial charge < -0.3 is 10.3 Å². The minimum absolute atomic E-state index is 0.389. The van der Waals surface area contributed by atoms with Crippen LogP contribution in [-0.4, -0.2) is 10.5 Å². The minimum Gasteiger partial charge on any atom is -0.366 e. The highest BCUT2D eigenvalue weighted by Crippen LogP contribution is 2.32. The van der Waals surface area contributed by atoms with E-state index in [0.29, 0.717) is 5.56 Å². The zero-order chi connectivity index (χ0) is 17.6. The van der Waals surface area contributed by atoms with E-state index >= 15 is 0 Å². The Morgan fingerprint density at radius 1 is 0.920 bits per heavy atom. The van der Waals surface area contributed by atoms with Gasteiger partial charge in [0.2, 0.25) is 5.91 Å². The molecule has 124 valence electrons. The first kappa shape index (κ1) is 15.5. The number of hydrogen-bond donors (Lipinski definition) is 1. The van der Waals surface area contributed by atoms with Gasteiger partial charge in [0, 0.05) is 28.4 Å². The van der Waals surface area contributed by atoms with E-state index in [4.69, 9.17) is 5.73 Å². The number of fused-ring (bicyclic) bond motifs is 3. The van der Waals surface area contributed by atoms with Crippen LogP contribution in [0.5, 0.6) is 0 Å². The Morgan fingerprint density at radius 3 is 2.44 bits per heavy atom. The van der Waals surface area contributed by atoms with E-state index in [1.807, 2.05) is 18.2 Å². The number of rotatable bonds is 3. The standard InChI is InChI=1S/C22H20N2O/c1-14-10-11-16(12-15(14)2)13-24-19-8-4-3-6-17(19)21-18(22(23)25)7-5-9-20(21)24/h3-12H,13H2,1-2H3,(H2,23,25). The Bertz CT molecular complexity index is 1120. The second-order valence-corrected chi connectivity index (χ2v) is 6.59. The average molecular weight is 328 g/mol. The second-order valence-electron chi connectivity index (χ2n) is 6.59. The molecule has 0 spiro atoms. The number of amides is 1. The van der Waals surface area contributed by atoms with Gasteiger partial charge in [0.1, 0.15) is 0 Å². The molecule has 25 heavy (non-hydrogen) atoms. The average Bonchev–Trinajstić information content (AvgIpc) is 2.92. The molecule has 0 fully saturated rings. The number of benzene rings is 3. The molecule has 1 aromatic heterocycles. The summed E-state index contributed by atoms with van der Waals surface area (Å²) in [5.74, 6) is -0.389. The largest absolute Gasteiger partial charge is 0.366 e. The maximum Gasteiger partial charge on any atom is 0.249 e. The van der Waals surface area contributed by atoms with Crippen molar-refractivity contribution in [3.8, 4) is 0 Å². The van der Waals surface area contributed by atoms with Crippen LogP contribution in [0.2, 0.25) is 0 Å². The monoisotopic (exact) mass is 328 g/mol. The summed E-state index contributed by atoms with van der Waals surface area (Å²) in [5, 5.41) is 2.00. The fourth-order valence-electron chi connectivity index (χ4n) is 3.56. The summed E-state index contributed by atoms with van der Waals surface area (Å²) in [6, 6.07) is 20.5. The van der Waals surface area contributed by atoms with Crippen molar-refractivity contribution in [3.63, 3.8) is 0 Å². The summed E-state index contributed by atoms with van der Waals surface area (Å²) >= 11 is 0. The second kappa shape index (κ2) is 5.78. The third-order valence-corrected chi connectivity index (χ3v) is 4.97. The van der Waals surface area contributed by atoms with E-state index in [1.165, 1.54) is 16.7 Å². The Kier molecular flexibility index (Phi) is 3.57. The molecule has 3 nitrogen and oxygen atoms in total. The lowest BCUT2D eigenvalue weighted by Gasteiger charge is -2.10. The van der Waals surface area contributed by atoms with Crippen molar-refractivity contribution in [2.24, 2.45) is 5.73 Å². The number of aromatic nitrogens is 1. The van der Waals surface area contributed by atoms with Crippen LogP contribution in [0.1, 0.15) is 27.0 Å². The van der Waals surface area contributed by atoms with Gasteiger partial charge in [0.15, 0.2) is 0 Å². The summed E-state index contributed by atoms with van der Waals surface area (Å²) < 4.78 is 2.27. The van der Waals surface area contributed by atoms with E-state index in [0.717, 1.165) is 28.4 Å². The quantitative estimate of drug-likeness (QED) is 0.589. The van der Waals surface area contributed by atoms with Gasteiger partial charge in [-0.2, -0.15) is 0 Å². The van der Waals surface area contributed by atoms with Crippen molar-refractivity contribution in [1.29, 1.82) is 0 Å². The molecule has 4 rings (SSSR count). The van der Waals surface area contributed by atoms with Crippen molar-refractivity contribution in [1.82, 2.24) is 4.57 Å². The number of aryl methyl sites for hydroxylation is 2. The van der Waals surface area contributed by atoms with Crippen LogP contribution in [0.25, 0.3) is 21.8 Å². The zero-order valence-corrected chi connectivity index (χ0v) is 14.4. The van der Waals surface area contributed by atoms with Crippen LogP contribution in [0.3, 0.4) is 0 Å². The number of nitrogens with two attached hydrogens (primary N) is 1. The van der Waals surface area contributed by atoms with Gasteiger partial charge in [0.25, 0.3) is 0 Å². The first-order chi connectivity index (χ1) is 12.1. The molecular weight excluding hydrogens is 308 g/mol. The van der Waals surface area contributed by atoms with Gasteiger partial charge in [-0.1, -0.05) is 42.5 Å². The van der Waals surface area contributed by atoms with E-state index in [1.54, 1.807) is 6.07 Å². The first-order valence-corrected chi connectivity index (χ1v) is 8.42. The molecule has 0 aliphatic heterocycles. The topological polar surface area (TPSA) is 48.0 Å². The number of carbonyl (C=O) groups excluding carboxylic acids is 1. The van der Waals surface area contributed by atoms with Gasteiger partial charge in [-0.3, -0.25) is 4.79 Å². The fourth-order valence-corrected chi connectivity index (χ4v) is 3.56. The van der Waals surface area contributed by atoms with E-state index in [-0.39, 0.29) is 5.91 Å². The van der Waals surface area contributed by atoms with Crippen LogP contribution >= 0.6 is 0 Å². The van der Waals surface area contributed by atoms with Crippen molar-refractivity contribution < 1.29 is 4.79 Å². The smallest absolute Gasteiger partial charge is 0.249 e. The van der Waals surface area contributed by atoms with E-state index in [2.05, 4.69) is 54.8 Å². The lowest BCUT2D eigenvalue weighted by molar-refractivity contribution is 0.100. The number of hydrogen-bond acceptors (Lipinski definition) is 1. The Hall–Kier alpha value is -3.07. The summed E-state index contributed by atoms with van der Waals surface area (Å²) in [5.41, 5.74) is 12.2. The molecule has 0 aliphatic rings. The molecule has 3 heteroatoms. The van der Waals surface area contributed by atoms with Gasteiger partial charge >= 0.3 is 0 Å². The minimum atomic E-state index is -0.389. The van der Waals surface area contributed by atoms with Gasteiger partial charge in [0.05, 0.1) is 5.52 Å². The summed E-state index contributed by atoms with van der Waals surface area (Å²) in [7, 11) is 0. The predicted octanol–water partition coefficient (Wildman–Crippen LogP) is 4.56. The van der Waals surface area contributed by atoms with Crippen LogP contribution < -0.4 is 5.73 Å². The highest BCUT2D eigenvalue weighted by Gasteiger charge is 2.16. The predicted molar refractivity (Wildman–Crippen MR) is 103 cm³/mol. The van der Waals surface area contributed by atoms with Gasteiger partial charge in [-0.05, 0) is 48.7 Å². The van der Waals surface area contributed by atoms with Crippen LogP contribution in [0.15, 0.2) is 60.7 Å². The van der Waals surface area contributed by atoms with Crippen LogP contribution in [0, 0.1) is 13.8 Å². The molecule has 0 atom stereocenters. The third-order valence-electron chi connectivity index (χ3n) is 4.97. The Morgan fingerprint density at radius 2 is 1.68 bits per heavy atom. The number of primary amides is 1. The Balaban J connectivity index is 2.00. The van der Waals surface area contributed by atoms with Crippen molar-refractivity contribution in [2.45, 2.75) is 20.4 Å². The van der Waals surface area contributed by atoms with Gasteiger partial charge in [-0.15, -0.1) is 0 Å². The normalized spacial score (nSPS) is 11.3. The summed E-state index contributed by atoms with van der Waals surface area (Å²) in [6.07, 6.45) is 0. The molecule has 0 saturated heterocycles. The summed E-state index contributed by atoms with van der Waals surface area (Å²) in [4.78, 5) is 11.9. The maximum atomic E-state index is 11.9. The van der Waals surface area contributed by atoms with E-state index in [9.17, 15) is 4.79 Å². The molecule has 0 radical (unpaired) electrons. The van der Waals surface area contributed by atoms with Crippen LogP contribution in [0.4, 0.5) is 0 Å². The van der Waals surface area contributed by atoms with E-state index < -0.39 is 0 Å². The lowest BCUT2D eigenvalue weighted by Crippen LogP contribution is -2.11. The van der Waals surface area contributed by atoms with Crippen molar-refractivity contribution in [2.75, 3.05) is 0 Å². The molecular formula is C22H20N2O. The third kappa shape index (κ3) is 2.49. The molecule has 0 saturated carbocycles. The molecule has 1 amide bonds. The fraction of sp³-hybridized carbons (Fsp3) is 0.136. The highest BCUT2D eigenvalue weighted by atomic mass is 16.1. The molecule has 2 N–H and O–H groups in total. The first-order valence-electron chi connectivity index (χ1n) is 8.42. The van der Waals surface area contributed by atoms with Crippen molar-refractivity contribution >= 4 is 27.7 Å². The highest BCUT2D eigenvalue weighted by molar-refractivity contribution is 6.17. The Labute approximate surface area is 146 Å².